The largest absolute Gasteiger partial charge is 0.477 e. The van der Waals surface area contributed by atoms with Crippen molar-refractivity contribution in [2.24, 2.45) is 17.3 Å². The van der Waals surface area contributed by atoms with Crippen LogP contribution >= 0.6 is 0 Å². The van der Waals surface area contributed by atoms with E-state index in [2.05, 4.69) is 10.3 Å². The first-order valence-electron chi connectivity index (χ1n) is 8.83. The number of hydrogen-bond donors (Lipinski definition) is 1. The van der Waals surface area contributed by atoms with Crippen LogP contribution in [-0.2, 0) is 9.59 Å². The highest BCUT2D eigenvalue weighted by atomic mass is 19.1. The summed E-state index contributed by atoms with van der Waals surface area (Å²) < 4.78 is 18.8. The van der Waals surface area contributed by atoms with Gasteiger partial charge in [-0.15, -0.1) is 0 Å². The smallest absolute Gasteiger partial charge is 0.228 e. The number of ether oxygens (including phenoxy) is 1. The molecule has 1 saturated carbocycles. The molecule has 1 N–H and O–H groups in total. The van der Waals surface area contributed by atoms with E-state index in [4.69, 9.17) is 4.74 Å². The Bertz CT molecular complexity index is 665. The third-order valence-electron chi connectivity index (χ3n) is 5.86. The second-order valence-corrected chi connectivity index (χ2v) is 7.32. The summed E-state index contributed by atoms with van der Waals surface area (Å²) in [4.78, 5) is 30.9. The van der Waals surface area contributed by atoms with Crippen LogP contribution in [-0.4, -0.2) is 54.1 Å². The van der Waals surface area contributed by atoms with Crippen molar-refractivity contribution in [3.05, 3.63) is 24.4 Å². The van der Waals surface area contributed by atoms with Crippen LogP contribution < -0.4 is 10.1 Å². The second kappa shape index (κ2) is 6.28. The topological polar surface area (TPSA) is 71.5 Å². The first-order chi connectivity index (χ1) is 12.1. The van der Waals surface area contributed by atoms with Crippen LogP contribution in [0, 0.1) is 17.3 Å². The maximum absolute atomic E-state index is 13.0. The molecule has 2 amide bonds. The van der Waals surface area contributed by atoms with E-state index in [9.17, 15) is 14.0 Å². The highest BCUT2D eigenvalue weighted by molar-refractivity contribution is 5.88. The standard InChI is InChI=1S/C18H22FN3O3/c19-14-7-12(8-14)16(23)22-6-4-18(11-22)13(9-21-17(18)24)10-25-15-3-1-2-5-20-15/h1-3,5,12-14H,4,6-11H2,(H,21,24)/t12?,13-,14?,18-/m1/s1. The predicted octanol–water partition coefficient (Wildman–Crippen LogP) is 1.17. The molecular formula is C18H22FN3O3. The summed E-state index contributed by atoms with van der Waals surface area (Å²) in [7, 11) is 0. The van der Waals surface area contributed by atoms with Gasteiger partial charge in [0.1, 0.15) is 6.17 Å². The van der Waals surface area contributed by atoms with Crippen molar-refractivity contribution in [3.8, 4) is 5.88 Å². The molecule has 3 fully saturated rings. The van der Waals surface area contributed by atoms with Gasteiger partial charge in [-0.1, -0.05) is 6.07 Å². The molecular weight excluding hydrogens is 325 g/mol. The van der Waals surface area contributed by atoms with Crippen molar-refractivity contribution in [2.75, 3.05) is 26.2 Å². The molecule has 134 valence electrons. The summed E-state index contributed by atoms with van der Waals surface area (Å²) in [6.07, 6.45) is 2.09. The maximum Gasteiger partial charge on any atom is 0.228 e. The number of alkyl halides is 1. The van der Waals surface area contributed by atoms with Gasteiger partial charge in [-0.2, -0.15) is 0 Å². The summed E-state index contributed by atoms with van der Waals surface area (Å²) in [5, 5.41) is 2.93. The maximum atomic E-state index is 13.0. The van der Waals surface area contributed by atoms with Gasteiger partial charge in [0.05, 0.1) is 12.0 Å². The zero-order valence-corrected chi connectivity index (χ0v) is 14.0. The SMILES string of the molecule is O=C(C1CC(F)C1)N1CC[C@]2(C1)C(=O)NC[C@@H]2COc1ccccn1. The molecule has 1 aliphatic carbocycles. The molecule has 0 unspecified atom stereocenters. The number of carbonyl (C=O) groups is 2. The molecule has 25 heavy (non-hydrogen) atoms. The van der Waals surface area contributed by atoms with Gasteiger partial charge >= 0.3 is 0 Å². The molecule has 3 aliphatic rings. The molecule has 0 aromatic carbocycles. The highest BCUT2D eigenvalue weighted by Crippen LogP contribution is 2.43. The molecule has 7 heteroatoms. The van der Waals surface area contributed by atoms with E-state index in [1.54, 1.807) is 17.2 Å². The summed E-state index contributed by atoms with van der Waals surface area (Å²) in [5.74, 6) is 0.309. The molecule has 1 aromatic heterocycles. The van der Waals surface area contributed by atoms with E-state index in [-0.39, 0.29) is 23.7 Å². The number of halogens is 1. The van der Waals surface area contributed by atoms with Crippen LogP contribution in [0.1, 0.15) is 19.3 Å². The predicted molar refractivity (Wildman–Crippen MR) is 87.5 cm³/mol. The lowest BCUT2D eigenvalue weighted by Gasteiger charge is -2.33. The van der Waals surface area contributed by atoms with Crippen molar-refractivity contribution in [2.45, 2.75) is 25.4 Å². The van der Waals surface area contributed by atoms with Crippen LogP contribution in [0.15, 0.2) is 24.4 Å². The molecule has 2 saturated heterocycles. The van der Waals surface area contributed by atoms with Crippen molar-refractivity contribution >= 4 is 11.8 Å². The molecule has 1 spiro atoms. The Morgan fingerprint density at radius 3 is 3.00 bits per heavy atom. The number of hydrogen-bond acceptors (Lipinski definition) is 4. The molecule has 0 radical (unpaired) electrons. The van der Waals surface area contributed by atoms with Gasteiger partial charge in [0, 0.05) is 43.7 Å². The van der Waals surface area contributed by atoms with Gasteiger partial charge < -0.3 is 15.0 Å². The first kappa shape index (κ1) is 16.3. The Hall–Kier alpha value is -2.18. The van der Waals surface area contributed by atoms with Crippen molar-refractivity contribution in [1.82, 2.24) is 15.2 Å². The number of likely N-dealkylation sites (tertiary alicyclic amines) is 1. The zero-order valence-electron chi connectivity index (χ0n) is 14.0. The minimum atomic E-state index is -0.847. The third-order valence-corrected chi connectivity index (χ3v) is 5.86. The lowest BCUT2D eigenvalue weighted by Crippen LogP contribution is -2.45. The number of pyridine rings is 1. The Balaban J connectivity index is 1.42. The number of amides is 2. The van der Waals surface area contributed by atoms with E-state index in [0.717, 1.165) is 0 Å². The van der Waals surface area contributed by atoms with E-state index in [0.29, 0.717) is 51.4 Å². The number of rotatable bonds is 4. The molecule has 6 nitrogen and oxygen atoms in total. The fraction of sp³-hybridized carbons (Fsp3) is 0.611. The Kier molecular flexibility index (Phi) is 4.09. The van der Waals surface area contributed by atoms with Crippen LogP contribution in [0.25, 0.3) is 0 Å². The lowest BCUT2D eigenvalue weighted by molar-refractivity contribution is -0.140. The Morgan fingerprint density at radius 2 is 2.28 bits per heavy atom. The molecule has 2 aliphatic heterocycles. The molecule has 3 heterocycles. The number of nitrogens with zero attached hydrogens (tertiary/aromatic N) is 2. The average Bonchev–Trinajstić information content (AvgIpc) is 3.17. The number of aromatic nitrogens is 1. The fourth-order valence-corrected chi connectivity index (χ4v) is 4.16. The van der Waals surface area contributed by atoms with Gasteiger partial charge in [-0.05, 0) is 25.3 Å². The monoisotopic (exact) mass is 347 g/mol. The normalized spacial score (nSPS) is 34.0. The number of nitrogens with one attached hydrogen (secondary N) is 1. The summed E-state index contributed by atoms with van der Waals surface area (Å²) in [6, 6.07) is 5.45. The van der Waals surface area contributed by atoms with Gasteiger partial charge in [-0.3, -0.25) is 9.59 Å². The summed E-state index contributed by atoms with van der Waals surface area (Å²) in [5.41, 5.74) is -0.594. The van der Waals surface area contributed by atoms with Gasteiger partial charge in [-0.25, -0.2) is 9.37 Å². The van der Waals surface area contributed by atoms with Crippen LogP contribution in [0.3, 0.4) is 0 Å². The highest BCUT2D eigenvalue weighted by Gasteiger charge is 2.55. The van der Waals surface area contributed by atoms with E-state index >= 15 is 0 Å². The molecule has 0 bridgehead atoms. The minimum Gasteiger partial charge on any atom is -0.477 e. The zero-order chi connectivity index (χ0) is 17.4. The number of carbonyl (C=O) groups excluding carboxylic acids is 2. The van der Waals surface area contributed by atoms with Gasteiger partial charge in [0.2, 0.25) is 17.7 Å². The molecule has 2 atom stereocenters. The molecule has 1 aromatic rings. The van der Waals surface area contributed by atoms with Crippen molar-refractivity contribution in [3.63, 3.8) is 0 Å². The first-order valence-corrected chi connectivity index (χ1v) is 8.83. The molecule has 4 rings (SSSR count). The van der Waals surface area contributed by atoms with E-state index in [1.807, 2.05) is 12.1 Å². The Morgan fingerprint density at radius 1 is 1.44 bits per heavy atom. The van der Waals surface area contributed by atoms with Crippen LogP contribution in [0.4, 0.5) is 4.39 Å². The van der Waals surface area contributed by atoms with Crippen LogP contribution in [0.5, 0.6) is 5.88 Å². The fourth-order valence-electron chi connectivity index (χ4n) is 4.16. The van der Waals surface area contributed by atoms with Gasteiger partial charge in [0.25, 0.3) is 0 Å². The van der Waals surface area contributed by atoms with Gasteiger partial charge in [0.15, 0.2) is 0 Å². The minimum absolute atomic E-state index is 0.00452. The average molecular weight is 347 g/mol. The van der Waals surface area contributed by atoms with Crippen LogP contribution in [0.2, 0.25) is 0 Å². The van der Waals surface area contributed by atoms with E-state index < -0.39 is 11.6 Å². The van der Waals surface area contributed by atoms with Crippen molar-refractivity contribution < 1.29 is 18.7 Å². The Labute approximate surface area is 145 Å². The third kappa shape index (κ3) is 2.85. The van der Waals surface area contributed by atoms with Crippen molar-refractivity contribution in [1.29, 1.82) is 0 Å². The summed E-state index contributed by atoms with van der Waals surface area (Å²) >= 11 is 0. The lowest BCUT2D eigenvalue weighted by atomic mass is 9.77. The summed E-state index contributed by atoms with van der Waals surface area (Å²) in [6.45, 7) is 1.89. The second-order valence-electron chi connectivity index (χ2n) is 7.32. The van der Waals surface area contributed by atoms with E-state index in [1.165, 1.54) is 0 Å². The quantitative estimate of drug-likeness (QED) is 0.888.